The Balaban J connectivity index is 1.38. The average Bonchev–Trinajstić information content (AvgIpc) is 3.21. The number of aryl methyl sites for hydroxylation is 2. The lowest BCUT2D eigenvalue weighted by atomic mass is 10.2. The SMILES string of the molecule is Cc1cc(C)nc(NS(=O)(=O)c2ccc(NC(=S)NC(=O)c3ccc4c(c3)OCO4)cc2)n1. The molecule has 2 heterocycles. The first-order valence-electron chi connectivity index (χ1n) is 9.67. The van der Waals surface area contributed by atoms with Gasteiger partial charge in [-0.1, -0.05) is 0 Å². The van der Waals surface area contributed by atoms with Crippen molar-refractivity contribution in [3.63, 3.8) is 0 Å². The van der Waals surface area contributed by atoms with Crippen LogP contribution < -0.4 is 24.8 Å². The van der Waals surface area contributed by atoms with Crippen LogP contribution in [0.5, 0.6) is 11.5 Å². The molecule has 0 fully saturated rings. The Morgan fingerprint density at radius 1 is 0.970 bits per heavy atom. The van der Waals surface area contributed by atoms with Crippen LogP contribution in [-0.4, -0.2) is 36.2 Å². The van der Waals surface area contributed by atoms with Crippen molar-refractivity contribution < 1.29 is 22.7 Å². The molecule has 0 spiro atoms. The van der Waals surface area contributed by atoms with Crippen LogP contribution in [0.15, 0.2) is 53.4 Å². The number of sulfonamides is 1. The number of nitrogens with one attached hydrogen (secondary N) is 3. The third-order valence-corrected chi connectivity index (χ3v) is 6.04. The van der Waals surface area contributed by atoms with E-state index in [1.54, 1.807) is 38.1 Å². The number of aromatic nitrogens is 2. The molecule has 3 aromatic rings. The number of anilines is 2. The van der Waals surface area contributed by atoms with E-state index in [4.69, 9.17) is 21.7 Å². The second-order valence-corrected chi connectivity index (χ2v) is 9.17. The van der Waals surface area contributed by atoms with Crippen molar-refractivity contribution in [2.45, 2.75) is 18.7 Å². The molecule has 1 aliphatic rings. The van der Waals surface area contributed by atoms with Gasteiger partial charge in [-0.2, -0.15) is 0 Å². The predicted molar refractivity (Wildman–Crippen MR) is 125 cm³/mol. The monoisotopic (exact) mass is 485 g/mol. The summed E-state index contributed by atoms with van der Waals surface area (Å²) in [6.45, 7) is 3.61. The minimum atomic E-state index is -3.88. The maximum Gasteiger partial charge on any atom is 0.264 e. The molecule has 3 N–H and O–H groups in total. The Morgan fingerprint density at radius 3 is 2.33 bits per heavy atom. The third-order valence-electron chi connectivity index (χ3n) is 4.49. The molecular weight excluding hydrogens is 466 g/mol. The molecule has 10 nitrogen and oxygen atoms in total. The summed E-state index contributed by atoms with van der Waals surface area (Å²) in [5, 5.41) is 5.45. The quantitative estimate of drug-likeness (QED) is 0.467. The lowest BCUT2D eigenvalue weighted by Gasteiger charge is -2.11. The topological polar surface area (TPSA) is 132 Å². The van der Waals surface area contributed by atoms with Crippen molar-refractivity contribution >= 4 is 44.9 Å². The van der Waals surface area contributed by atoms with Crippen molar-refractivity contribution in [3.05, 3.63) is 65.5 Å². The van der Waals surface area contributed by atoms with Crippen molar-refractivity contribution in [2.24, 2.45) is 0 Å². The van der Waals surface area contributed by atoms with Crippen molar-refractivity contribution in [1.82, 2.24) is 15.3 Å². The van der Waals surface area contributed by atoms with E-state index in [9.17, 15) is 13.2 Å². The van der Waals surface area contributed by atoms with Gasteiger partial charge in [0.05, 0.1) is 4.90 Å². The fourth-order valence-electron chi connectivity index (χ4n) is 3.04. The minimum Gasteiger partial charge on any atom is -0.454 e. The van der Waals surface area contributed by atoms with Gasteiger partial charge in [-0.25, -0.2) is 23.1 Å². The van der Waals surface area contributed by atoms with Gasteiger partial charge in [0.1, 0.15) is 0 Å². The maximum atomic E-state index is 12.6. The first kappa shape index (κ1) is 22.4. The minimum absolute atomic E-state index is 0.00195. The number of hydrogen-bond donors (Lipinski definition) is 3. The summed E-state index contributed by atoms with van der Waals surface area (Å²) in [4.78, 5) is 20.6. The van der Waals surface area contributed by atoms with E-state index in [1.807, 2.05) is 0 Å². The van der Waals surface area contributed by atoms with Gasteiger partial charge in [-0.3, -0.25) is 10.1 Å². The van der Waals surface area contributed by atoms with Crippen LogP contribution in [0.25, 0.3) is 0 Å². The number of thiocarbonyl (C=S) groups is 1. The first-order valence-corrected chi connectivity index (χ1v) is 11.6. The molecule has 1 aliphatic heterocycles. The number of amides is 1. The lowest BCUT2D eigenvalue weighted by molar-refractivity contribution is 0.0977. The van der Waals surface area contributed by atoms with Gasteiger partial charge < -0.3 is 14.8 Å². The molecule has 0 saturated heterocycles. The molecular formula is C21H19N5O5S2. The second-order valence-electron chi connectivity index (χ2n) is 7.08. The number of carbonyl (C=O) groups excluding carboxylic acids is 1. The van der Waals surface area contributed by atoms with Gasteiger partial charge in [0.25, 0.3) is 15.9 Å². The van der Waals surface area contributed by atoms with Gasteiger partial charge >= 0.3 is 0 Å². The Labute approximate surface area is 195 Å². The van der Waals surface area contributed by atoms with Crippen molar-refractivity contribution in [1.29, 1.82) is 0 Å². The fourth-order valence-corrected chi connectivity index (χ4v) is 4.20. The standard InChI is InChI=1S/C21H19N5O5S2/c1-12-9-13(2)23-20(22-12)26-33(28,29)16-6-4-15(5-7-16)24-21(32)25-19(27)14-3-8-17-18(10-14)31-11-30-17/h3-10H,11H2,1-2H3,(H,22,23,26)(H2,24,25,27,32). The van der Waals surface area contributed by atoms with Crippen molar-refractivity contribution in [3.8, 4) is 11.5 Å². The molecule has 0 atom stereocenters. The highest BCUT2D eigenvalue weighted by molar-refractivity contribution is 7.92. The van der Waals surface area contributed by atoms with E-state index >= 15 is 0 Å². The van der Waals surface area contributed by atoms with Crippen LogP contribution in [0.2, 0.25) is 0 Å². The highest BCUT2D eigenvalue weighted by Gasteiger charge is 2.18. The zero-order valence-electron chi connectivity index (χ0n) is 17.6. The molecule has 33 heavy (non-hydrogen) atoms. The maximum absolute atomic E-state index is 12.6. The van der Waals surface area contributed by atoms with Gasteiger partial charge in [0.15, 0.2) is 16.6 Å². The van der Waals surface area contributed by atoms with E-state index in [2.05, 4.69) is 25.3 Å². The average molecular weight is 486 g/mol. The number of rotatable bonds is 5. The van der Waals surface area contributed by atoms with E-state index in [0.29, 0.717) is 34.1 Å². The van der Waals surface area contributed by atoms with Crippen LogP contribution in [0.1, 0.15) is 21.7 Å². The normalized spacial score (nSPS) is 12.2. The van der Waals surface area contributed by atoms with Gasteiger partial charge in [-0.05, 0) is 74.6 Å². The van der Waals surface area contributed by atoms with E-state index in [0.717, 1.165) is 0 Å². The Hall–Kier alpha value is -3.77. The molecule has 2 aromatic carbocycles. The molecule has 12 heteroatoms. The summed E-state index contributed by atoms with van der Waals surface area (Å²) in [5.74, 6) is 0.629. The zero-order valence-corrected chi connectivity index (χ0v) is 19.2. The van der Waals surface area contributed by atoms with Gasteiger partial charge in [0, 0.05) is 22.6 Å². The molecule has 0 aliphatic carbocycles. The fraction of sp³-hybridized carbons (Fsp3) is 0.143. The van der Waals surface area contributed by atoms with Crippen LogP contribution in [0, 0.1) is 13.8 Å². The van der Waals surface area contributed by atoms with Crippen LogP contribution in [0.3, 0.4) is 0 Å². The summed E-state index contributed by atoms with van der Waals surface area (Å²) >= 11 is 5.18. The molecule has 170 valence electrons. The number of ether oxygens (including phenoxy) is 2. The Kier molecular flexibility index (Phi) is 6.11. The van der Waals surface area contributed by atoms with Crippen molar-refractivity contribution in [2.75, 3.05) is 16.8 Å². The summed E-state index contributed by atoms with van der Waals surface area (Å²) in [7, 11) is -3.88. The molecule has 0 bridgehead atoms. The largest absolute Gasteiger partial charge is 0.454 e. The highest BCUT2D eigenvalue weighted by Crippen LogP contribution is 2.32. The highest BCUT2D eigenvalue weighted by atomic mass is 32.2. The predicted octanol–water partition coefficient (Wildman–Crippen LogP) is 2.75. The first-order chi connectivity index (χ1) is 15.7. The van der Waals surface area contributed by atoms with Gasteiger partial charge in [-0.15, -0.1) is 0 Å². The number of carbonyl (C=O) groups is 1. The molecule has 4 rings (SSSR count). The molecule has 0 saturated carbocycles. The van der Waals surface area contributed by atoms with Crippen LogP contribution in [0.4, 0.5) is 11.6 Å². The van der Waals surface area contributed by atoms with E-state index in [1.165, 1.54) is 24.3 Å². The molecule has 0 radical (unpaired) electrons. The Morgan fingerprint density at radius 2 is 1.64 bits per heavy atom. The smallest absolute Gasteiger partial charge is 0.264 e. The summed E-state index contributed by atoms with van der Waals surface area (Å²) in [6, 6.07) is 12.4. The zero-order chi connectivity index (χ0) is 23.6. The number of fused-ring (bicyclic) bond motifs is 1. The second kappa shape index (κ2) is 9.00. The Bertz CT molecular complexity index is 1320. The molecule has 1 amide bonds. The number of hydrogen-bond acceptors (Lipinski definition) is 8. The summed E-state index contributed by atoms with van der Waals surface area (Å²) < 4.78 is 38.1. The third kappa shape index (κ3) is 5.35. The van der Waals surface area contributed by atoms with E-state index < -0.39 is 15.9 Å². The van der Waals surface area contributed by atoms with Crippen LogP contribution in [-0.2, 0) is 10.0 Å². The molecule has 0 unspecified atom stereocenters. The number of benzene rings is 2. The van der Waals surface area contributed by atoms with E-state index in [-0.39, 0.29) is 22.7 Å². The lowest BCUT2D eigenvalue weighted by Crippen LogP contribution is -2.34. The summed E-state index contributed by atoms with van der Waals surface area (Å²) in [5.41, 5.74) is 2.14. The van der Waals surface area contributed by atoms with Gasteiger partial charge in [0.2, 0.25) is 12.7 Å². The van der Waals surface area contributed by atoms with Crippen LogP contribution >= 0.6 is 12.2 Å². The summed E-state index contributed by atoms with van der Waals surface area (Å²) in [6.07, 6.45) is 0. The molecule has 1 aromatic heterocycles. The number of nitrogens with zero attached hydrogens (tertiary/aromatic N) is 2.